The fraction of sp³-hybridized carbons (Fsp3) is 0.174. The van der Waals surface area contributed by atoms with Crippen LogP contribution in [0.5, 0.6) is 5.88 Å². The molecule has 1 amide bonds. The Kier molecular flexibility index (Phi) is 3.74. The van der Waals surface area contributed by atoms with E-state index in [9.17, 15) is 10.1 Å². The minimum Gasteiger partial charge on any atom is -0.420 e. The van der Waals surface area contributed by atoms with Gasteiger partial charge in [-0.15, -0.1) is 5.10 Å². The summed E-state index contributed by atoms with van der Waals surface area (Å²) in [7, 11) is 0. The Bertz CT molecular complexity index is 1270. The van der Waals surface area contributed by atoms with E-state index < -0.39 is 5.41 Å². The molecule has 3 heterocycles. The number of carbonyl (C=O) groups excluding carboxylic acids is 1. The Morgan fingerprint density at radius 3 is 2.67 bits per heavy atom. The van der Waals surface area contributed by atoms with Gasteiger partial charge in [-0.3, -0.25) is 9.89 Å². The van der Waals surface area contributed by atoms with Crippen LogP contribution >= 0.6 is 0 Å². The van der Waals surface area contributed by atoms with Crippen molar-refractivity contribution in [2.24, 2.45) is 5.73 Å². The van der Waals surface area contributed by atoms with Gasteiger partial charge in [-0.2, -0.15) is 5.26 Å². The first kappa shape index (κ1) is 18.0. The summed E-state index contributed by atoms with van der Waals surface area (Å²) in [6.45, 7) is 4.37. The molecule has 2 aromatic carbocycles. The Labute approximate surface area is 173 Å². The molecule has 1 spiro atoms. The molecule has 3 N–H and O–H groups in total. The molecule has 30 heavy (non-hydrogen) atoms. The van der Waals surface area contributed by atoms with Gasteiger partial charge in [0.25, 0.3) is 0 Å². The highest BCUT2D eigenvalue weighted by Gasteiger charge is 2.60. The van der Waals surface area contributed by atoms with Gasteiger partial charge < -0.3 is 15.4 Å². The van der Waals surface area contributed by atoms with E-state index in [1.54, 1.807) is 4.90 Å². The van der Waals surface area contributed by atoms with Crippen molar-refractivity contribution in [2.75, 3.05) is 11.4 Å². The van der Waals surface area contributed by atoms with Gasteiger partial charge in [0.05, 0.1) is 11.3 Å². The average molecular weight is 397 g/mol. The molecule has 1 atom stereocenters. The number of benzene rings is 2. The van der Waals surface area contributed by atoms with Crippen molar-refractivity contribution in [1.82, 2.24) is 10.2 Å². The average Bonchev–Trinajstić information content (AvgIpc) is 3.27. The van der Waals surface area contributed by atoms with Gasteiger partial charge in [-0.1, -0.05) is 48.0 Å². The summed E-state index contributed by atoms with van der Waals surface area (Å²) >= 11 is 0. The van der Waals surface area contributed by atoms with Gasteiger partial charge in [-0.05, 0) is 19.9 Å². The van der Waals surface area contributed by atoms with Gasteiger partial charge in [0.2, 0.25) is 17.7 Å². The Hall–Kier alpha value is -4.05. The number of aromatic amines is 1. The zero-order valence-electron chi connectivity index (χ0n) is 16.6. The smallest absolute Gasteiger partial charge is 0.247 e. The van der Waals surface area contributed by atoms with Crippen LogP contribution in [0.25, 0.3) is 11.3 Å². The lowest BCUT2D eigenvalue weighted by atomic mass is 9.68. The van der Waals surface area contributed by atoms with Gasteiger partial charge in [0.1, 0.15) is 17.1 Å². The molecule has 5 rings (SSSR count). The lowest BCUT2D eigenvalue weighted by molar-refractivity contribution is -0.120. The number of H-pyrrole nitrogens is 1. The van der Waals surface area contributed by atoms with Crippen LogP contribution in [0.1, 0.15) is 23.6 Å². The summed E-state index contributed by atoms with van der Waals surface area (Å²) in [6, 6.07) is 17.5. The molecular formula is C23H19N5O2. The first-order chi connectivity index (χ1) is 14.5. The van der Waals surface area contributed by atoms with Crippen LogP contribution in [-0.2, 0) is 10.2 Å². The molecule has 0 saturated heterocycles. The van der Waals surface area contributed by atoms with Crippen molar-refractivity contribution in [3.8, 4) is 23.2 Å². The third-order valence-electron chi connectivity index (χ3n) is 5.87. The van der Waals surface area contributed by atoms with Crippen molar-refractivity contribution < 1.29 is 9.53 Å². The maximum atomic E-state index is 14.0. The topological polar surface area (TPSA) is 108 Å². The number of carbonyl (C=O) groups is 1. The third-order valence-corrected chi connectivity index (χ3v) is 5.87. The third kappa shape index (κ3) is 2.08. The SMILES string of the molecule is CCN1C(=O)[C@@]2(C(C#N)=C(N)Oc3n[nH]c(-c4ccc(C)cc4)c32)c2ccccc21. The molecule has 0 fully saturated rings. The number of nitrogens with zero attached hydrogens (tertiary/aromatic N) is 3. The molecule has 2 aliphatic rings. The molecule has 0 unspecified atom stereocenters. The van der Waals surface area contributed by atoms with E-state index in [0.29, 0.717) is 23.4 Å². The second-order valence-electron chi connectivity index (χ2n) is 7.41. The van der Waals surface area contributed by atoms with Gasteiger partial charge >= 0.3 is 0 Å². The van der Waals surface area contributed by atoms with Crippen LogP contribution in [0.2, 0.25) is 0 Å². The molecule has 7 heteroatoms. The van der Waals surface area contributed by atoms with Gasteiger partial charge in [0, 0.05) is 23.4 Å². The van der Waals surface area contributed by atoms with E-state index >= 15 is 0 Å². The molecule has 1 aromatic heterocycles. The predicted molar refractivity (Wildman–Crippen MR) is 111 cm³/mol. The molecule has 148 valence electrons. The number of fused-ring (bicyclic) bond motifs is 4. The molecule has 0 bridgehead atoms. The molecule has 3 aromatic rings. The second-order valence-corrected chi connectivity index (χ2v) is 7.41. The van der Waals surface area contributed by atoms with Crippen LogP contribution in [0, 0.1) is 18.3 Å². The number of nitrogens with two attached hydrogens (primary N) is 1. The van der Waals surface area contributed by atoms with Crippen LogP contribution in [0.3, 0.4) is 0 Å². The Morgan fingerprint density at radius 2 is 1.97 bits per heavy atom. The standard InChI is InChI=1S/C23H19N5O2/c1-3-28-17-7-5-4-6-15(17)23(22(28)29)16(12-24)20(25)30-21-18(23)19(26-27-21)14-10-8-13(2)9-11-14/h4-11H,3,25H2,1-2H3,(H,26,27)/t23-/m1/s1. The number of rotatable bonds is 2. The van der Waals surface area contributed by atoms with Gasteiger partial charge in [-0.25, -0.2) is 0 Å². The fourth-order valence-electron chi connectivity index (χ4n) is 4.53. The van der Waals surface area contributed by atoms with Crippen LogP contribution < -0.4 is 15.4 Å². The van der Waals surface area contributed by atoms with Crippen molar-refractivity contribution >= 4 is 11.6 Å². The fourth-order valence-corrected chi connectivity index (χ4v) is 4.53. The number of para-hydroxylation sites is 1. The second kappa shape index (κ2) is 6.22. The summed E-state index contributed by atoms with van der Waals surface area (Å²) in [6.07, 6.45) is 0. The highest BCUT2D eigenvalue weighted by molar-refractivity contribution is 6.15. The number of aromatic nitrogens is 2. The number of amides is 1. The minimum atomic E-state index is -1.41. The Balaban J connectivity index is 1.90. The maximum Gasteiger partial charge on any atom is 0.247 e. The first-order valence-electron chi connectivity index (χ1n) is 9.69. The van der Waals surface area contributed by atoms with Crippen LogP contribution in [-0.4, -0.2) is 22.6 Å². The summed E-state index contributed by atoms with van der Waals surface area (Å²) in [5.74, 6) is -0.124. The van der Waals surface area contributed by atoms with Crippen LogP contribution in [0.4, 0.5) is 5.69 Å². The Morgan fingerprint density at radius 1 is 1.23 bits per heavy atom. The minimum absolute atomic E-state index is 0.0816. The quantitative estimate of drug-likeness (QED) is 0.691. The number of ether oxygens (including phenoxy) is 1. The van der Waals surface area contributed by atoms with Gasteiger partial charge in [0.15, 0.2) is 0 Å². The lowest BCUT2D eigenvalue weighted by Gasteiger charge is -2.32. The highest BCUT2D eigenvalue weighted by Crippen LogP contribution is 2.56. The van der Waals surface area contributed by atoms with E-state index in [-0.39, 0.29) is 23.2 Å². The zero-order chi connectivity index (χ0) is 21.0. The molecular weight excluding hydrogens is 378 g/mol. The maximum absolute atomic E-state index is 14.0. The van der Waals surface area contributed by atoms with E-state index in [2.05, 4.69) is 16.3 Å². The number of anilines is 1. The summed E-state index contributed by atoms with van der Waals surface area (Å²) in [5.41, 5.74) is 9.38. The number of nitrogens with one attached hydrogen (secondary N) is 1. The van der Waals surface area contributed by atoms with E-state index in [0.717, 1.165) is 16.8 Å². The number of hydrogen-bond acceptors (Lipinski definition) is 5. The lowest BCUT2D eigenvalue weighted by Crippen LogP contribution is -2.45. The van der Waals surface area contributed by atoms with E-state index in [1.807, 2.05) is 62.4 Å². The van der Waals surface area contributed by atoms with E-state index in [4.69, 9.17) is 10.5 Å². The molecule has 2 aliphatic heterocycles. The van der Waals surface area contributed by atoms with Crippen molar-refractivity contribution in [3.05, 3.63) is 76.7 Å². The van der Waals surface area contributed by atoms with Crippen molar-refractivity contribution in [3.63, 3.8) is 0 Å². The largest absolute Gasteiger partial charge is 0.420 e. The number of likely N-dealkylation sites (N-methyl/N-ethyl adjacent to an activating group) is 1. The van der Waals surface area contributed by atoms with E-state index in [1.165, 1.54) is 0 Å². The number of nitriles is 1. The summed E-state index contributed by atoms with van der Waals surface area (Å²) in [4.78, 5) is 15.7. The zero-order valence-corrected chi connectivity index (χ0v) is 16.6. The monoisotopic (exact) mass is 397 g/mol. The summed E-state index contributed by atoms with van der Waals surface area (Å²) < 4.78 is 5.70. The normalized spacial score (nSPS) is 19.5. The molecule has 0 aliphatic carbocycles. The first-order valence-corrected chi connectivity index (χ1v) is 9.69. The summed E-state index contributed by atoms with van der Waals surface area (Å²) in [5, 5.41) is 17.4. The van der Waals surface area contributed by atoms with Crippen molar-refractivity contribution in [2.45, 2.75) is 19.3 Å². The molecule has 0 radical (unpaired) electrons. The number of aryl methyl sites for hydroxylation is 1. The molecule has 0 saturated carbocycles. The van der Waals surface area contributed by atoms with Crippen molar-refractivity contribution in [1.29, 1.82) is 5.26 Å². The van der Waals surface area contributed by atoms with Crippen LogP contribution in [0.15, 0.2) is 60.0 Å². The predicted octanol–water partition coefficient (Wildman–Crippen LogP) is 3.12. The number of hydrogen-bond donors (Lipinski definition) is 2. The highest BCUT2D eigenvalue weighted by atomic mass is 16.5. The molecule has 7 nitrogen and oxygen atoms in total.